The quantitative estimate of drug-likeness (QED) is 0.326. The number of phenols is 1. The number of nitrogens with zero attached hydrogens (tertiary/aromatic N) is 1. The number of aliphatic hydroxyl groups excluding tert-OH is 1. The van der Waals surface area contributed by atoms with Gasteiger partial charge >= 0.3 is 0 Å². The van der Waals surface area contributed by atoms with Crippen molar-refractivity contribution in [3.63, 3.8) is 0 Å². The van der Waals surface area contributed by atoms with Gasteiger partial charge in [0, 0.05) is 5.56 Å². The Morgan fingerprint density at radius 3 is 2.62 bits per heavy atom. The summed E-state index contributed by atoms with van der Waals surface area (Å²) in [5.74, 6) is -0.833. The van der Waals surface area contributed by atoms with Gasteiger partial charge in [-0.1, -0.05) is 31.2 Å². The standard InChI is InChI=1S/C25H23NO6/c1-2-11-31-19-9-4-7-17(14-19)23(28)21-22(16-6-3-8-18(27)13-16)26(25(30)24(21)29)15-20-10-5-12-32-20/h3-10,12-14,22,27-28H,2,11,15H2,1H3. The fourth-order valence-electron chi connectivity index (χ4n) is 3.76. The topological polar surface area (TPSA) is 100 Å². The molecule has 0 radical (unpaired) electrons. The fourth-order valence-corrected chi connectivity index (χ4v) is 3.76. The van der Waals surface area contributed by atoms with Crippen molar-refractivity contribution >= 4 is 17.4 Å². The van der Waals surface area contributed by atoms with Crippen LogP contribution in [0.25, 0.3) is 5.76 Å². The average molecular weight is 433 g/mol. The van der Waals surface area contributed by atoms with E-state index in [0.29, 0.717) is 29.2 Å². The molecular weight excluding hydrogens is 410 g/mol. The highest BCUT2D eigenvalue weighted by Gasteiger charge is 2.46. The Morgan fingerprint density at radius 2 is 1.91 bits per heavy atom. The summed E-state index contributed by atoms with van der Waals surface area (Å²) in [7, 11) is 0. The minimum absolute atomic E-state index is 0.0129. The summed E-state index contributed by atoms with van der Waals surface area (Å²) < 4.78 is 11.0. The van der Waals surface area contributed by atoms with Gasteiger partial charge in [0.1, 0.15) is 23.0 Å². The van der Waals surface area contributed by atoms with E-state index in [4.69, 9.17) is 9.15 Å². The van der Waals surface area contributed by atoms with E-state index in [9.17, 15) is 19.8 Å². The van der Waals surface area contributed by atoms with Crippen LogP contribution in [-0.2, 0) is 16.1 Å². The molecule has 2 aromatic carbocycles. The number of amides is 1. The first kappa shape index (κ1) is 21.2. The van der Waals surface area contributed by atoms with Crippen molar-refractivity contribution in [3.8, 4) is 11.5 Å². The van der Waals surface area contributed by atoms with Crippen molar-refractivity contribution in [2.45, 2.75) is 25.9 Å². The lowest BCUT2D eigenvalue weighted by molar-refractivity contribution is -0.140. The molecule has 1 atom stereocenters. The molecule has 1 unspecified atom stereocenters. The number of Topliss-reactive ketones (excluding diaryl/α,β-unsaturated/α-hetero) is 1. The molecule has 0 bridgehead atoms. The molecule has 4 rings (SSSR count). The van der Waals surface area contributed by atoms with Crippen LogP contribution in [0.15, 0.2) is 76.9 Å². The molecule has 2 N–H and O–H groups in total. The smallest absolute Gasteiger partial charge is 0.296 e. The molecule has 2 heterocycles. The van der Waals surface area contributed by atoms with E-state index in [1.165, 1.54) is 23.3 Å². The maximum atomic E-state index is 13.1. The van der Waals surface area contributed by atoms with Crippen LogP contribution >= 0.6 is 0 Å². The number of hydrogen-bond donors (Lipinski definition) is 2. The highest BCUT2D eigenvalue weighted by molar-refractivity contribution is 6.46. The Labute approximate surface area is 185 Å². The summed E-state index contributed by atoms with van der Waals surface area (Å²) >= 11 is 0. The number of aromatic hydroxyl groups is 1. The third kappa shape index (κ3) is 4.09. The summed E-state index contributed by atoms with van der Waals surface area (Å²) in [6.07, 6.45) is 2.31. The number of hydrogen-bond acceptors (Lipinski definition) is 6. The van der Waals surface area contributed by atoms with Crippen molar-refractivity contribution in [1.29, 1.82) is 0 Å². The number of ketones is 1. The van der Waals surface area contributed by atoms with Crippen LogP contribution in [-0.4, -0.2) is 33.4 Å². The van der Waals surface area contributed by atoms with Gasteiger partial charge in [-0.25, -0.2) is 0 Å². The monoisotopic (exact) mass is 433 g/mol. The van der Waals surface area contributed by atoms with E-state index in [-0.39, 0.29) is 23.6 Å². The summed E-state index contributed by atoms with van der Waals surface area (Å²) in [5, 5.41) is 21.1. The van der Waals surface area contributed by atoms with Crippen molar-refractivity contribution in [2.24, 2.45) is 0 Å². The first-order chi connectivity index (χ1) is 15.5. The van der Waals surface area contributed by atoms with Gasteiger partial charge in [0.15, 0.2) is 0 Å². The first-order valence-corrected chi connectivity index (χ1v) is 10.3. The van der Waals surface area contributed by atoms with E-state index in [2.05, 4.69) is 0 Å². The van der Waals surface area contributed by atoms with Gasteiger partial charge in [0.25, 0.3) is 11.7 Å². The predicted molar refractivity (Wildman–Crippen MR) is 117 cm³/mol. The Hall–Kier alpha value is -4.00. The summed E-state index contributed by atoms with van der Waals surface area (Å²) in [4.78, 5) is 27.3. The van der Waals surface area contributed by atoms with E-state index in [0.717, 1.165) is 6.42 Å². The lowest BCUT2D eigenvalue weighted by atomic mass is 9.95. The third-order valence-electron chi connectivity index (χ3n) is 5.21. The largest absolute Gasteiger partial charge is 0.508 e. The van der Waals surface area contributed by atoms with Crippen molar-refractivity contribution in [3.05, 3.63) is 89.4 Å². The maximum absolute atomic E-state index is 13.1. The van der Waals surface area contributed by atoms with E-state index >= 15 is 0 Å². The Morgan fingerprint density at radius 1 is 1.09 bits per heavy atom. The lowest BCUT2D eigenvalue weighted by Crippen LogP contribution is -2.29. The average Bonchev–Trinajstić information content (AvgIpc) is 3.40. The number of benzene rings is 2. The second kappa shape index (κ2) is 9.01. The molecule has 3 aromatic rings. The predicted octanol–water partition coefficient (Wildman–Crippen LogP) is 4.40. The zero-order chi connectivity index (χ0) is 22.7. The van der Waals surface area contributed by atoms with Crippen molar-refractivity contribution in [1.82, 2.24) is 4.90 Å². The Bertz CT molecular complexity index is 1160. The van der Waals surface area contributed by atoms with Crippen LogP contribution in [0.2, 0.25) is 0 Å². The second-order valence-corrected chi connectivity index (χ2v) is 7.48. The summed E-state index contributed by atoms with van der Waals surface area (Å²) in [5.41, 5.74) is 0.801. The van der Waals surface area contributed by atoms with Gasteiger partial charge < -0.3 is 24.3 Å². The summed E-state index contributed by atoms with van der Waals surface area (Å²) in [6.45, 7) is 2.54. The number of carbonyl (C=O) groups is 2. The van der Waals surface area contributed by atoms with Crippen LogP contribution in [0.5, 0.6) is 11.5 Å². The van der Waals surface area contributed by atoms with E-state index in [1.54, 1.807) is 48.5 Å². The lowest BCUT2D eigenvalue weighted by Gasteiger charge is -2.24. The second-order valence-electron chi connectivity index (χ2n) is 7.48. The molecule has 164 valence electrons. The van der Waals surface area contributed by atoms with Crippen LogP contribution in [0.3, 0.4) is 0 Å². The molecule has 1 saturated heterocycles. The highest BCUT2D eigenvalue weighted by atomic mass is 16.5. The minimum atomic E-state index is -0.896. The van der Waals surface area contributed by atoms with Gasteiger partial charge in [0.2, 0.25) is 0 Å². The van der Waals surface area contributed by atoms with Crippen LogP contribution in [0.4, 0.5) is 0 Å². The zero-order valence-corrected chi connectivity index (χ0v) is 17.5. The van der Waals surface area contributed by atoms with Gasteiger partial charge in [-0.3, -0.25) is 9.59 Å². The number of carbonyl (C=O) groups excluding carboxylic acids is 2. The Balaban J connectivity index is 1.82. The van der Waals surface area contributed by atoms with Gasteiger partial charge in [-0.05, 0) is 48.4 Å². The molecule has 1 amide bonds. The molecule has 0 saturated carbocycles. The molecule has 32 heavy (non-hydrogen) atoms. The number of aliphatic hydroxyl groups is 1. The molecule has 0 aliphatic carbocycles. The number of rotatable bonds is 7. The molecule has 1 aromatic heterocycles. The van der Waals surface area contributed by atoms with Crippen LogP contribution in [0, 0.1) is 0 Å². The minimum Gasteiger partial charge on any atom is -0.508 e. The van der Waals surface area contributed by atoms with Crippen molar-refractivity contribution in [2.75, 3.05) is 6.61 Å². The molecule has 1 aliphatic rings. The highest BCUT2D eigenvalue weighted by Crippen LogP contribution is 2.41. The van der Waals surface area contributed by atoms with E-state index < -0.39 is 17.7 Å². The third-order valence-corrected chi connectivity index (χ3v) is 5.21. The Kier molecular flexibility index (Phi) is 5.98. The normalized spacial score (nSPS) is 17.7. The molecule has 1 aliphatic heterocycles. The van der Waals surface area contributed by atoms with Crippen LogP contribution in [0.1, 0.15) is 36.3 Å². The number of ether oxygens (including phenoxy) is 1. The molecule has 7 nitrogen and oxygen atoms in total. The van der Waals surface area contributed by atoms with Gasteiger partial charge in [0.05, 0.1) is 31.0 Å². The van der Waals surface area contributed by atoms with Gasteiger partial charge in [-0.15, -0.1) is 0 Å². The number of furan rings is 1. The number of likely N-dealkylation sites (tertiary alicyclic amines) is 1. The molecule has 0 spiro atoms. The first-order valence-electron chi connectivity index (χ1n) is 10.3. The van der Waals surface area contributed by atoms with Gasteiger partial charge in [-0.2, -0.15) is 0 Å². The fraction of sp³-hybridized carbons (Fsp3) is 0.200. The zero-order valence-electron chi connectivity index (χ0n) is 17.5. The summed E-state index contributed by atoms with van der Waals surface area (Å²) in [6, 6.07) is 15.5. The molecular formula is C25H23NO6. The van der Waals surface area contributed by atoms with Crippen molar-refractivity contribution < 1.29 is 29.0 Å². The number of phenolic OH excluding ortho intramolecular Hbond substituents is 1. The molecule has 7 heteroatoms. The molecule has 1 fully saturated rings. The van der Waals surface area contributed by atoms with E-state index in [1.807, 2.05) is 6.92 Å². The SMILES string of the molecule is CCCOc1cccc(C(O)=C2C(=O)C(=O)N(Cc3ccco3)C2c2cccc(O)c2)c1. The van der Waals surface area contributed by atoms with Crippen LogP contribution < -0.4 is 4.74 Å². The maximum Gasteiger partial charge on any atom is 0.296 e.